The number of nitrogens with zero attached hydrogens (tertiary/aromatic N) is 3. The van der Waals surface area contributed by atoms with Gasteiger partial charge in [0.1, 0.15) is 0 Å². The van der Waals surface area contributed by atoms with Crippen LogP contribution in [0.1, 0.15) is 21.8 Å². The Labute approximate surface area is 215 Å². The number of pyridine rings is 1. The van der Waals surface area contributed by atoms with Crippen LogP contribution < -0.4 is 5.73 Å². The summed E-state index contributed by atoms with van der Waals surface area (Å²) >= 11 is 12.2. The van der Waals surface area contributed by atoms with Gasteiger partial charge < -0.3 is 10.2 Å². The van der Waals surface area contributed by atoms with Crippen molar-refractivity contribution in [2.45, 2.75) is 6.92 Å². The highest BCUT2D eigenvalue weighted by molar-refractivity contribution is 6.31. The quantitative estimate of drug-likeness (QED) is 0.251. The lowest BCUT2D eigenvalue weighted by Gasteiger charge is -2.08. The number of nitrogens with two attached hydrogens (primary N) is 1. The number of fused-ring (bicyclic) bond motifs is 2. The van der Waals surface area contributed by atoms with E-state index in [0.717, 1.165) is 27.9 Å². The average molecular weight is 513 g/mol. The summed E-state index contributed by atoms with van der Waals surface area (Å²) in [5.41, 5.74) is 11.3. The van der Waals surface area contributed by atoms with Crippen LogP contribution >= 0.6 is 23.2 Å². The predicted molar refractivity (Wildman–Crippen MR) is 143 cm³/mol. The Hall–Kier alpha value is -4.13. The monoisotopic (exact) mass is 512 g/mol. The van der Waals surface area contributed by atoms with Crippen LogP contribution in [0.3, 0.4) is 0 Å². The van der Waals surface area contributed by atoms with E-state index in [1.807, 2.05) is 61.5 Å². The molecular weight excluding hydrogens is 495 g/mol. The second-order valence-electron chi connectivity index (χ2n) is 8.39. The van der Waals surface area contributed by atoms with Crippen molar-refractivity contribution in [1.82, 2.24) is 14.8 Å². The van der Waals surface area contributed by atoms with Crippen LogP contribution in [0.4, 0.5) is 5.69 Å². The fraction of sp³-hybridized carbons (Fsp3) is 0.0357. The highest BCUT2D eigenvalue weighted by Crippen LogP contribution is 2.42. The van der Waals surface area contributed by atoms with Crippen molar-refractivity contribution in [1.29, 1.82) is 0 Å². The van der Waals surface area contributed by atoms with E-state index in [0.29, 0.717) is 26.6 Å². The largest absolute Gasteiger partial charge is 0.432 e. The predicted octanol–water partition coefficient (Wildman–Crippen LogP) is 7.26. The van der Waals surface area contributed by atoms with Gasteiger partial charge in [-0.25, -0.2) is 4.68 Å². The van der Waals surface area contributed by atoms with Crippen molar-refractivity contribution < 1.29 is 9.21 Å². The van der Waals surface area contributed by atoms with Crippen LogP contribution in [0, 0.1) is 6.92 Å². The number of aryl methyl sites for hydroxylation is 1. The molecule has 0 atom stereocenters. The molecule has 0 saturated carbocycles. The molecule has 8 heteroatoms. The number of anilines is 1. The topological polar surface area (TPSA) is 86.9 Å². The molecule has 0 aliphatic rings. The summed E-state index contributed by atoms with van der Waals surface area (Å²) in [4.78, 5) is 18.2. The molecule has 3 aromatic carbocycles. The van der Waals surface area contributed by atoms with Crippen LogP contribution in [0.2, 0.25) is 10.0 Å². The third-order valence-corrected chi connectivity index (χ3v) is 6.62. The zero-order chi connectivity index (χ0) is 25.0. The Kier molecular flexibility index (Phi) is 5.29. The number of carbonyl (C=O) groups is 1. The van der Waals surface area contributed by atoms with Gasteiger partial charge in [-0.1, -0.05) is 53.5 Å². The molecule has 36 heavy (non-hydrogen) atoms. The molecule has 0 fully saturated rings. The number of rotatable bonds is 4. The Bertz CT molecular complexity index is 1770. The van der Waals surface area contributed by atoms with Gasteiger partial charge in [0.05, 0.1) is 27.8 Å². The second kappa shape index (κ2) is 8.52. The molecule has 0 spiro atoms. The van der Waals surface area contributed by atoms with Crippen LogP contribution in [0.15, 0.2) is 83.3 Å². The second-order valence-corrected chi connectivity index (χ2v) is 9.26. The number of para-hydroxylation sites is 1. The van der Waals surface area contributed by atoms with E-state index in [-0.39, 0.29) is 22.9 Å². The number of hydrogen-bond donors (Lipinski definition) is 1. The molecule has 6 nitrogen and oxygen atoms in total. The van der Waals surface area contributed by atoms with Gasteiger partial charge in [-0.3, -0.25) is 4.79 Å². The molecule has 3 aromatic heterocycles. The highest BCUT2D eigenvalue weighted by Gasteiger charge is 2.27. The molecule has 0 unspecified atom stereocenters. The molecule has 6 rings (SSSR count). The summed E-state index contributed by atoms with van der Waals surface area (Å²) in [5.74, 6) is -0.325. The van der Waals surface area contributed by atoms with Crippen molar-refractivity contribution in [3.63, 3.8) is 0 Å². The van der Waals surface area contributed by atoms with Crippen LogP contribution in [0.25, 0.3) is 38.9 Å². The number of aromatic nitrogens is 3. The zero-order valence-corrected chi connectivity index (χ0v) is 20.5. The van der Waals surface area contributed by atoms with Crippen LogP contribution in [0.5, 0.6) is 0 Å². The van der Waals surface area contributed by atoms with Crippen molar-refractivity contribution in [2.24, 2.45) is 0 Å². The van der Waals surface area contributed by atoms with Crippen LogP contribution in [-0.2, 0) is 0 Å². The minimum Gasteiger partial charge on any atom is -0.432 e. The molecule has 0 aliphatic heterocycles. The zero-order valence-electron chi connectivity index (χ0n) is 19.0. The van der Waals surface area contributed by atoms with Crippen molar-refractivity contribution in [3.05, 3.63) is 106 Å². The Balaban J connectivity index is 1.69. The molecular formula is C28H18Cl2N4O2. The van der Waals surface area contributed by atoms with E-state index in [4.69, 9.17) is 43.4 Å². The maximum atomic E-state index is 13.3. The minimum atomic E-state index is -0.352. The van der Waals surface area contributed by atoms with E-state index >= 15 is 0 Å². The molecule has 0 aliphatic carbocycles. The summed E-state index contributed by atoms with van der Waals surface area (Å²) in [7, 11) is 0. The van der Waals surface area contributed by atoms with Gasteiger partial charge >= 0.3 is 0 Å². The minimum absolute atomic E-state index is 0.0274. The summed E-state index contributed by atoms with van der Waals surface area (Å²) in [6.45, 7) is 1.92. The fourth-order valence-corrected chi connectivity index (χ4v) is 4.69. The third-order valence-electron chi connectivity index (χ3n) is 6.12. The molecule has 0 bridgehead atoms. The molecule has 3 heterocycles. The van der Waals surface area contributed by atoms with E-state index in [1.54, 1.807) is 28.9 Å². The van der Waals surface area contributed by atoms with Gasteiger partial charge in [-0.05, 0) is 61.0 Å². The van der Waals surface area contributed by atoms with Gasteiger partial charge in [0.2, 0.25) is 17.3 Å². The number of carbonyl (C=O) groups excluding carboxylic acids is 1. The molecule has 176 valence electrons. The molecule has 6 aromatic rings. The first-order valence-electron chi connectivity index (χ1n) is 11.2. The molecule has 0 saturated heterocycles. The van der Waals surface area contributed by atoms with E-state index in [9.17, 15) is 4.79 Å². The number of ketones is 1. The average Bonchev–Trinajstić information content (AvgIpc) is 3.40. The number of furan rings is 1. The molecule has 0 radical (unpaired) electrons. The normalized spacial score (nSPS) is 11.4. The Morgan fingerprint density at radius 1 is 0.889 bits per heavy atom. The lowest BCUT2D eigenvalue weighted by atomic mass is 9.97. The van der Waals surface area contributed by atoms with Gasteiger partial charge in [0.25, 0.3) is 0 Å². The third kappa shape index (κ3) is 3.54. The number of nitrogen functional groups attached to an aromatic ring is 1. The van der Waals surface area contributed by atoms with Crippen LogP contribution in [-0.4, -0.2) is 20.5 Å². The lowest BCUT2D eigenvalue weighted by Crippen LogP contribution is -2.03. The Morgan fingerprint density at radius 2 is 1.53 bits per heavy atom. The first-order valence-corrected chi connectivity index (χ1v) is 11.9. The lowest BCUT2D eigenvalue weighted by molar-refractivity contribution is 0.101. The maximum Gasteiger partial charge on any atom is 0.231 e. The number of hydrogen-bond acceptors (Lipinski definition) is 5. The highest BCUT2D eigenvalue weighted by atomic mass is 35.5. The van der Waals surface area contributed by atoms with E-state index in [1.165, 1.54) is 0 Å². The SMILES string of the molecule is Cc1nn(-c2ccccc2)c2nc3oc(C(=O)c4ccc(Cl)cc4)c(N)c3c(-c3ccc(Cl)cc3)c12. The van der Waals surface area contributed by atoms with Gasteiger partial charge in [0, 0.05) is 21.2 Å². The standard InChI is InChI=1S/C28H18Cl2N4O2/c1-15-21-22(16-7-11-18(29)12-8-16)23-24(31)26(25(35)17-9-13-19(30)14-10-17)36-28(23)32-27(21)34(33-15)20-5-3-2-4-6-20/h2-14H,31H2,1H3. The number of halogens is 2. The van der Waals surface area contributed by atoms with Gasteiger partial charge in [-0.15, -0.1) is 0 Å². The first kappa shape index (κ1) is 22.3. The number of benzene rings is 3. The smallest absolute Gasteiger partial charge is 0.231 e. The van der Waals surface area contributed by atoms with Gasteiger partial charge in [-0.2, -0.15) is 10.1 Å². The van der Waals surface area contributed by atoms with E-state index < -0.39 is 0 Å². The van der Waals surface area contributed by atoms with Gasteiger partial charge in [0.15, 0.2) is 5.65 Å². The molecule has 0 amide bonds. The Morgan fingerprint density at radius 3 is 2.19 bits per heavy atom. The molecule has 2 N–H and O–H groups in total. The van der Waals surface area contributed by atoms with Crippen molar-refractivity contribution in [2.75, 3.05) is 5.73 Å². The summed E-state index contributed by atoms with van der Waals surface area (Å²) < 4.78 is 7.82. The van der Waals surface area contributed by atoms with Crippen molar-refractivity contribution in [3.8, 4) is 16.8 Å². The van der Waals surface area contributed by atoms with Crippen molar-refractivity contribution >= 4 is 56.8 Å². The first-order chi connectivity index (χ1) is 17.4. The summed E-state index contributed by atoms with van der Waals surface area (Å²) in [6, 6.07) is 23.7. The summed E-state index contributed by atoms with van der Waals surface area (Å²) in [5, 5.41) is 7.28. The maximum absolute atomic E-state index is 13.3. The van der Waals surface area contributed by atoms with E-state index in [2.05, 4.69) is 0 Å². The summed E-state index contributed by atoms with van der Waals surface area (Å²) in [6.07, 6.45) is 0. The fourth-order valence-electron chi connectivity index (χ4n) is 4.44.